The minimum atomic E-state index is -0.502. The first kappa shape index (κ1) is 16.3. The molecule has 0 bridgehead atoms. The van der Waals surface area contributed by atoms with E-state index in [9.17, 15) is 14.9 Å². The summed E-state index contributed by atoms with van der Waals surface area (Å²) < 4.78 is 15.8. The molecule has 0 aliphatic carbocycles. The van der Waals surface area contributed by atoms with Crippen molar-refractivity contribution in [1.29, 1.82) is 0 Å². The second-order valence-corrected chi connectivity index (χ2v) is 6.22. The van der Waals surface area contributed by atoms with Crippen molar-refractivity contribution < 1.29 is 23.9 Å². The van der Waals surface area contributed by atoms with Crippen LogP contribution in [0.4, 0.5) is 5.69 Å². The van der Waals surface area contributed by atoms with Gasteiger partial charge in [0, 0.05) is 28.6 Å². The highest BCUT2D eigenvalue weighted by molar-refractivity contribution is 7.09. The zero-order chi connectivity index (χ0) is 17.1. The number of hydrogen-bond donors (Lipinski definition) is 0. The molecule has 0 atom stereocenters. The zero-order valence-electron chi connectivity index (χ0n) is 12.8. The van der Waals surface area contributed by atoms with Crippen LogP contribution < -0.4 is 4.74 Å². The third-order valence-electron chi connectivity index (χ3n) is 3.36. The van der Waals surface area contributed by atoms with Gasteiger partial charge in [0.2, 0.25) is 0 Å². The van der Waals surface area contributed by atoms with Gasteiger partial charge < -0.3 is 14.2 Å². The van der Waals surface area contributed by atoms with Crippen LogP contribution in [0.1, 0.15) is 21.8 Å². The monoisotopic (exact) mass is 350 g/mol. The van der Waals surface area contributed by atoms with E-state index in [4.69, 9.17) is 14.2 Å². The molecule has 0 saturated heterocycles. The van der Waals surface area contributed by atoms with E-state index >= 15 is 0 Å². The van der Waals surface area contributed by atoms with Gasteiger partial charge in [-0.1, -0.05) is 0 Å². The first-order valence-corrected chi connectivity index (χ1v) is 7.98. The van der Waals surface area contributed by atoms with Crippen molar-refractivity contribution >= 4 is 23.0 Å². The Morgan fingerprint density at radius 2 is 2.33 bits per heavy atom. The second kappa shape index (κ2) is 6.93. The molecule has 0 N–H and O–H groups in total. The summed E-state index contributed by atoms with van der Waals surface area (Å²) in [5.41, 5.74) is 1.57. The lowest BCUT2D eigenvalue weighted by Gasteiger charge is -2.20. The lowest BCUT2D eigenvalue weighted by atomic mass is 10.1. The van der Waals surface area contributed by atoms with E-state index in [0.29, 0.717) is 22.6 Å². The Bertz CT molecular complexity index is 788. The average molecular weight is 350 g/mol. The number of non-ortho nitro benzene ring substituents is 1. The summed E-state index contributed by atoms with van der Waals surface area (Å²) in [5, 5.41) is 13.7. The van der Waals surface area contributed by atoms with Gasteiger partial charge in [0.05, 0.1) is 28.7 Å². The standard InChI is InChI=1S/C15H14N2O6S/c1-9-16-12(7-24-9)4-14(18)22-6-11-3-13(17(19)20)2-10-5-21-8-23-15(10)11/h2-3,7H,4-6,8H2,1H3. The van der Waals surface area contributed by atoms with E-state index in [0.717, 1.165) is 5.01 Å². The molecule has 1 aromatic heterocycles. The van der Waals surface area contributed by atoms with Gasteiger partial charge in [-0.25, -0.2) is 4.98 Å². The van der Waals surface area contributed by atoms with E-state index < -0.39 is 10.9 Å². The number of carbonyl (C=O) groups excluding carboxylic acids is 1. The number of rotatable bonds is 5. The number of thiazole rings is 1. The maximum absolute atomic E-state index is 11.9. The molecule has 1 aliphatic heterocycles. The van der Waals surface area contributed by atoms with Gasteiger partial charge in [-0.15, -0.1) is 11.3 Å². The summed E-state index contributed by atoms with van der Waals surface area (Å²) >= 11 is 1.46. The largest absolute Gasteiger partial charge is 0.467 e. The van der Waals surface area contributed by atoms with Crippen LogP contribution in [0.2, 0.25) is 0 Å². The SMILES string of the molecule is Cc1nc(CC(=O)OCc2cc([N+](=O)[O-])cc3c2OCOC3)cs1. The summed E-state index contributed by atoms with van der Waals surface area (Å²) in [7, 11) is 0. The summed E-state index contributed by atoms with van der Waals surface area (Å²) in [5.74, 6) is 0.0248. The second-order valence-electron chi connectivity index (χ2n) is 5.16. The van der Waals surface area contributed by atoms with Crippen molar-refractivity contribution in [3.8, 4) is 5.75 Å². The summed E-state index contributed by atoms with van der Waals surface area (Å²) in [6.07, 6.45) is 0.0609. The molecule has 0 spiro atoms. The number of fused-ring (bicyclic) bond motifs is 1. The molecule has 3 rings (SSSR count). The van der Waals surface area contributed by atoms with Crippen LogP contribution >= 0.6 is 11.3 Å². The molecular weight excluding hydrogens is 336 g/mol. The van der Waals surface area contributed by atoms with Crippen LogP contribution in [0.5, 0.6) is 5.75 Å². The Labute approximate surface area is 141 Å². The van der Waals surface area contributed by atoms with E-state index in [1.807, 2.05) is 6.92 Å². The fourth-order valence-corrected chi connectivity index (χ4v) is 2.95. The van der Waals surface area contributed by atoms with Gasteiger partial charge in [-0.2, -0.15) is 0 Å². The molecule has 9 heteroatoms. The normalized spacial score (nSPS) is 13.0. The Balaban J connectivity index is 1.73. The first-order chi connectivity index (χ1) is 11.5. The van der Waals surface area contributed by atoms with E-state index in [2.05, 4.69) is 4.98 Å². The van der Waals surface area contributed by atoms with Crippen LogP contribution in [-0.4, -0.2) is 22.7 Å². The molecule has 126 valence electrons. The van der Waals surface area contributed by atoms with Crippen LogP contribution in [0.15, 0.2) is 17.5 Å². The van der Waals surface area contributed by atoms with E-state index in [1.54, 1.807) is 5.38 Å². The number of benzene rings is 1. The van der Waals surface area contributed by atoms with Gasteiger partial charge in [0.25, 0.3) is 5.69 Å². The molecule has 2 heterocycles. The molecule has 0 saturated carbocycles. The molecule has 8 nitrogen and oxygen atoms in total. The van der Waals surface area contributed by atoms with Crippen molar-refractivity contribution in [1.82, 2.24) is 4.98 Å². The van der Waals surface area contributed by atoms with Crippen LogP contribution in [0, 0.1) is 17.0 Å². The molecule has 0 amide bonds. The van der Waals surface area contributed by atoms with Gasteiger partial charge in [0.15, 0.2) is 6.79 Å². The van der Waals surface area contributed by atoms with Gasteiger partial charge in [0.1, 0.15) is 12.4 Å². The van der Waals surface area contributed by atoms with Crippen molar-refractivity contribution in [3.63, 3.8) is 0 Å². The summed E-state index contributed by atoms with van der Waals surface area (Å²) in [6, 6.07) is 2.75. The number of nitro groups is 1. The average Bonchev–Trinajstić information content (AvgIpc) is 2.97. The van der Waals surface area contributed by atoms with Gasteiger partial charge in [-0.3, -0.25) is 14.9 Å². The Morgan fingerprint density at radius 3 is 3.04 bits per heavy atom. The van der Waals surface area contributed by atoms with Gasteiger partial charge >= 0.3 is 5.97 Å². The number of nitrogens with zero attached hydrogens (tertiary/aromatic N) is 2. The number of nitro benzene ring substituents is 1. The molecule has 0 radical (unpaired) electrons. The maximum atomic E-state index is 11.9. The predicted octanol–water partition coefficient (Wildman–Crippen LogP) is 2.51. The van der Waals surface area contributed by atoms with Crippen LogP contribution in [-0.2, 0) is 33.9 Å². The summed E-state index contributed by atoms with van der Waals surface area (Å²) in [6.45, 7) is 2.03. The lowest BCUT2D eigenvalue weighted by molar-refractivity contribution is -0.385. The fraction of sp³-hybridized carbons (Fsp3) is 0.333. The number of aryl methyl sites for hydroxylation is 1. The molecule has 1 aromatic carbocycles. The minimum Gasteiger partial charge on any atom is -0.467 e. The number of esters is 1. The van der Waals surface area contributed by atoms with Crippen molar-refractivity contribution in [2.45, 2.75) is 26.6 Å². The first-order valence-electron chi connectivity index (χ1n) is 7.10. The zero-order valence-corrected chi connectivity index (χ0v) is 13.6. The smallest absolute Gasteiger partial charge is 0.312 e. The predicted molar refractivity (Wildman–Crippen MR) is 83.7 cm³/mol. The van der Waals surface area contributed by atoms with E-state index in [1.165, 1.54) is 23.5 Å². The van der Waals surface area contributed by atoms with Crippen molar-refractivity contribution in [2.24, 2.45) is 0 Å². The Hall–Kier alpha value is -2.52. The Morgan fingerprint density at radius 1 is 1.50 bits per heavy atom. The number of aromatic nitrogens is 1. The lowest BCUT2D eigenvalue weighted by Crippen LogP contribution is -2.15. The van der Waals surface area contributed by atoms with Gasteiger partial charge in [-0.05, 0) is 6.92 Å². The minimum absolute atomic E-state index is 0.0594. The number of ether oxygens (including phenoxy) is 3. The van der Waals surface area contributed by atoms with Crippen molar-refractivity contribution in [3.05, 3.63) is 49.5 Å². The quantitative estimate of drug-likeness (QED) is 0.464. The maximum Gasteiger partial charge on any atom is 0.312 e. The molecule has 2 aromatic rings. The third kappa shape index (κ3) is 3.69. The highest BCUT2D eigenvalue weighted by atomic mass is 32.1. The third-order valence-corrected chi connectivity index (χ3v) is 4.19. The van der Waals surface area contributed by atoms with E-state index in [-0.39, 0.29) is 32.1 Å². The highest BCUT2D eigenvalue weighted by Crippen LogP contribution is 2.33. The topological polar surface area (TPSA) is 101 Å². The fourth-order valence-electron chi connectivity index (χ4n) is 2.34. The molecule has 0 unspecified atom stereocenters. The number of carbonyl (C=O) groups is 1. The van der Waals surface area contributed by atoms with Crippen LogP contribution in [0.25, 0.3) is 0 Å². The molecular formula is C15H14N2O6S. The highest BCUT2D eigenvalue weighted by Gasteiger charge is 2.22. The molecule has 0 fully saturated rings. The van der Waals surface area contributed by atoms with Crippen LogP contribution in [0.3, 0.4) is 0 Å². The Kier molecular flexibility index (Phi) is 4.72. The van der Waals surface area contributed by atoms with Crippen molar-refractivity contribution in [2.75, 3.05) is 6.79 Å². The molecule has 1 aliphatic rings. The summed E-state index contributed by atoms with van der Waals surface area (Å²) in [4.78, 5) is 26.7. The molecule has 24 heavy (non-hydrogen) atoms. The number of hydrogen-bond acceptors (Lipinski definition) is 8.